The minimum Gasteiger partial charge on any atom is -0.381 e. The van der Waals surface area contributed by atoms with E-state index in [0.29, 0.717) is 12.0 Å². The molecule has 16 heavy (non-hydrogen) atoms. The molecule has 1 aromatic rings. The van der Waals surface area contributed by atoms with Gasteiger partial charge < -0.3 is 10.1 Å². The van der Waals surface area contributed by atoms with E-state index in [1.807, 2.05) is 19.2 Å². The van der Waals surface area contributed by atoms with Crippen molar-refractivity contribution in [3.05, 3.63) is 35.6 Å². The first-order valence-electron chi connectivity index (χ1n) is 5.79. The molecular formula is C13H18FNO. The van der Waals surface area contributed by atoms with Crippen molar-refractivity contribution in [1.82, 2.24) is 5.32 Å². The molecule has 1 aliphatic heterocycles. The molecule has 1 N–H and O–H groups in total. The second-order valence-electron chi connectivity index (χ2n) is 4.35. The van der Waals surface area contributed by atoms with Gasteiger partial charge in [-0.1, -0.05) is 12.1 Å². The van der Waals surface area contributed by atoms with E-state index in [4.69, 9.17) is 4.74 Å². The lowest BCUT2D eigenvalue weighted by atomic mass is 9.89. The molecule has 0 radical (unpaired) electrons. The molecule has 3 heteroatoms. The zero-order chi connectivity index (χ0) is 11.4. The van der Waals surface area contributed by atoms with E-state index in [0.717, 1.165) is 26.1 Å². The van der Waals surface area contributed by atoms with Crippen LogP contribution in [-0.2, 0) is 11.2 Å². The lowest BCUT2D eigenvalue weighted by Gasteiger charge is -2.31. The fourth-order valence-electron chi connectivity index (χ4n) is 2.30. The third-order valence-electron chi connectivity index (χ3n) is 3.26. The minimum atomic E-state index is -0.172. The van der Waals surface area contributed by atoms with Gasteiger partial charge in [-0.2, -0.15) is 0 Å². The number of ether oxygens (including phenoxy) is 1. The number of benzene rings is 1. The van der Waals surface area contributed by atoms with Crippen molar-refractivity contribution in [1.29, 1.82) is 0 Å². The maximum Gasteiger partial charge on any atom is 0.123 e. The molecule has 1 fully saturated rings. The summed E-state index contributed by atoms with van der Waals surface area (Å²) in [6, 6.07) is 7.27. The summed E-state index contributed by atoms with van der Waals surface area (Å²) in [5.41, 5.74) is 1.18. The van der Waals surface area contributed by atoms with E-state index in [-0.39, 0.29) is 5.82 Å². The smallest absolute Gasteiger partial charge is 0.123 e. The van der Waals surface area contributed by atoms with Crippen molar-refractivity contribution in [2.45, 2.75) is 18.9 Å². The Bertz CT molecular complexity index is 325. The molecule has 1 aromatic carbocycles. The molecule has 88 valence electrons. The minimum absolute atomic E-state index is 0.172. The van der Waals surface area contributed by atoms with Crippen LogP contribution in [0.2, 0.25) is 0 Å². The van der Waals surface area contributed by atoms with Crippen molar-refractivity contribution in [2.75, 3.05) is 20.3 Å². The third kappa shape index (κ3) is 2.80. The van der Waals surface area contributed by atoms with Crippen LogP contribution in [0.5, 0.6) is 0 Å². The van der Waals surface area contributed by atoms with E-state index >= 15 is 0 Å². The molecule has 2 rings (SSSR count). The Kier molecular flexibility index (Phi) is 3.91. The largest absolute Gasteiger partial charge is 0.381 e. The lowest BCUT2D eigenvalue weighted by Crippen LogP contribution is -2.41. The second kappa shape index (κ2) is 5.41. The Balaban J connectivity index is 1.99. The molecule has 0 bridgehead atoms. The maximum absolute atomic E-state index is 12.8. The predicted octanol–water partition coefficient (Wildman–Crippen LogP) is 1.99. The molecule has 1 saturated heterocycles. The maximum atomic E-state index is 12.8. The average Bonchev–Trinajstić information content (AvgIpc) is 2.33. The fraction of sp³-hybridized carbons (Fsp3) is 0.538. The van der Waals surface area contributed by atoms with Crippen LogP contribution in [0, 0.1) is 11.7 Å². The fourth-order valence-corrected chi connectivity index (χ4v) is 2.30. The number of hydrogen-bond donors (Lipinski definition) is 1. The van der Waals surface area contributed by atoms with Gasteiger partial charge in [0.05, 0.1) is 6.61 Å². The highest BCUT2D eigenvalue weighted by Gasteiger charge is 2.24. The van der Waals surface area contributed by atoms with Crippen molar-refractivity contribution >= 4 is 0 Å². The normalized spacial score (nSPS) is 25.6. The van der Waals surface area contributed by atoms with Gasteiger partial charge in [-0.25, -0.2) is 4.39 Å². The van der Waals surface area contributed by atoms with Crippen LogP contribution < -0.4 is 5.32 Å². The zero-order valence-electron chi connectivity index (χ0n) is 9.58. The molecule has 2 nitrogen and oxygen atoms in total. The van der Waals surface area contributed by atoms with Crippen LogP contribution in [0.15, 0.2) is 24.3 Å². The predicted molar refractivity (Wildman–Crippen MR) is 61.9 cm³/mol. The molecule has 0 aliphatic carbocycles. The summed E-state index contributed by atoms with van der Waals surface area (Å²) in [5.74, 6) is 0.318. The number of hydrogen-bond acceptors (Lipinski definition) is 2. The first-order valence-corrected chi connectivity index (χ1v) is 5.79. The van der Waals surface area contributed by atoms with Crippen LogP contribution >= 0.6 is 0 Å². The summed E-state index contributed by atoms with van der Waals surface area (Å²) < 4.78 is 18.3. The van der Waals surface area contributed by atoms with Crippen molar-refractivity contribution in [3.63, 3.8) is 0 Å². The SMILES string of the molecule is CNC1CCOCC1Cc1ccc(F)cc1. The number of nitrogens with one attached hydrogen (secondary N) is 1. The summed E-state index contributed by atoms with van der Waals surface area (Å²) in [6.07, 6.45) is 2.01. The van der Waals surface area contributed by atoms with Crippen molar-refractivity contribution in [2.24, 2.45) is 5.92 Å². The summed E-state index contributed by atoms with van der Waals surface area (Å²) in [7, 11) is 1.99. The molecule has 2 unspecified atom stereocenters. The Morgan fingerprint density at radius 3 is 2.81 bits per heavy atom. The highest BCUT2D eigenvalue weighted by atomic mass is 19.1. The Hall–Kier alpha value is -0.930. The van der Waals surface area contributed by atoms with Crippen LogP contribution in [0.25, 0.3) is 0 Å². The van der Waals surface area contributed by atoms with Gasteiger partial charge in [-0.05, 0) is 37.6 Å². The summed E-state index contributed by atoms with van der Waals surface area (Å²) in [6.45, 7) is 1.63. The van der Waals surface area contributed by atoms with Gasteiger partial charge in [0.2, 0.25) is 0 Å². The molecular weight excluding hydrogens is 205 g/mol. The summed E-state index contributed by atoms with van der Waals surface area (Å²) in [5, 5.41) is 3.33. The number of halogens is 1. The van der Waals surface area contributed by atoms with Gasteiger partial charge in [0, 0.05) is 18.6 Å². The first kappa shape index (κ1) is 11.6. The summed E-state index contributed by atoms with van der Waals surface area (Å²) >= 11 is 0. The quantitative estimate of drug-likeness (QED) is 0.846. The van der Waals surface area contributed by atoms with E-state index in [1.54, 1.807) is 0 Å². The first-order chi connectivity index (χ1) is 7.79. The van der Waals surface area contributed by atoms with E-state index in [9.17, 15) is 4.39 Å². The van der Waals surface area contributed by atoms with Crippen molar-refractivity contribution < 1.29 is 9.13 Å². The van der Waals surface area contributed by atoms with Crippen LogP contribution in [0.3, 0.4) is 0 Å². The molecule has 2 atom stereocenters. The van der Waals surface area contributed by atoms with Crippen LogP contribution in [0.1, 0.15) is 12.0 Å². The summed E-state index contributed by atoms with van der Waals surface area (Å²) in [4.78, 5) is 0. The standard InChI is InChI=1S/C13H18FNO/c1-15-13-6-7-16-9-11(13)8-10-2-4-12(14)5-3-10/h2-5,11,13,15H,6-9H2,1H3. The van der Waals surface area contributed by atoms with Crippen LogP contribution in [-0.4, -0.2) is 26.3 Å². The monoisotopic (exact) mass is 223 g/mol. The molecule has 1 aliphatic rings. The Labute approximate surface area is 95.8 Å². The Morgan fingerprint density at radius 1 is 1.38 bits per heavy atom. The van der Waals surface area contributed by atoms with Gasteiger partial charge in [-0.15, -0.1) is 0 Å². The van der Waals surface area contributed by atoms with Gasteiger partial charge in [0.25, 0.3) is 0 Å². The molecule has 0 spiro atoms. The molecule has 0 aromatic heterocycles. The highest BCUT2D eigenvalue weighted by molar-refractivity contribution is 5.17. The van der Waals surface area contributed by atoms with Gasteiger partial charge >= 0.3 is 0 Å². The second-order valence-corrected chi connectivity index (χ2v) is 4.35. The molecule has 0 saturated carbocycles. The van der Waals surface area contributed by atoms with E-state index in [2.05, 4.69) is 5.32 Å². The highest BCUT2D eigenvalue weighted by Crippen LogP contribution is 2.19. The Morgan fingerprint density at radius 2 is 2.12 bits per heavy atom. The average molecular weight is 223 g/mol. The lowest BCUT2D eigenvalue weighted by molar-refractivity contribution is 0.0342. The third-order valence-corrected chi connectivity index (χ3v) is 3.26. The topological polar surface area (TPSA) is 21.3 Å². The van der Waals surface area contributed by atoms with Crippen molar-refractivity contribution in [3.8, 4) is 0 Å². The van der Waals surface area contributed by atoms with Crippen LogP contribution in [0.4, 0.5) is 4.39 Å². The number of rotatable bonds is 3. The zero-order valence-corrected chi connectivity index (χ0v) is 9.58. The van der Waals surface area contributed by atoms with Gasteiger partial charge in [0.15, 0.2) is 0 Å². The van der Waals surface area contributed by atoms with E-state index in [1.165, 1.54) is 17.7 Å². The molecule has 1 heterocycles. The van der Waals surface area contributed by atoms with Gasteiger partial charge in [-0.3, -0.25) is 0 Å². The van der Waals surface area contributed by atoms with E-state index < -0.39 is 0 Å². The van der Waals surface area contributed by atoms with Gasteiger partial charge in [0.1, 0.15) is 5.82 Å². The molecule has 0 amide bonds.